The van der Waals surface area contributed by atoms with Crippen molar-refractivity contribution in [3.63, 3.8) is 0 Å². The molecule has 5 nitrogen and oxygen atoms in total. The molecule has 0 spiro atoms. The number of hydrogen-bond donors (Lipinski definition) is 0. The first-order valence-electron chi connectivity index (χ1n) is 32.2. The quantitative estimate of drug-likeness (QED) is 0.0345. The van der Waals surface area contributed by atoms with Crippen molar-refractivity contribution in [2.45, 2.75) is 348 Å². The van der Waals surface area contributed by atoms with Crippen LogP contribution < -0.4 is 0 Å². The van der Waals surface area contributed by atoms with E-state index in [0.717, 1.165) is 44.9 Å². The Hall–Kier alpha value is -2.14. The second kappa shape index (κ2) is 63.2. The molecule has 0 rings (SSSR count). The van der Waals surface area contributed by atoms with Gasteiger partial charge in [0.15, 0.2) is 6.10 Å². The minimum atomic E-state index is -0.541. The number of carbonyl (C=O) groups excluding carboxylic acids is 2. The molecule has 0 fully saturated rings. The number of unbranched alkanes of at least 4 members (excludes halogenated alkanes) is 41. The number of esters is 2. The lowest BCUT2D eigenvalue weighted by Gasteiger charge is -2.18. The van der Waals surface area contributed by atoms with Gasteiger partial charge in [0.25, 0.3) is 0 Å². The number of hydrogen-bond acceptors (Lipinski definition) is 5. The highest BCUT2D eigenvalue weighted by molar-refractivity contribution is 5.70. The van der Waals surface area contributed by atoms with Crippen LogP contribution in [-0.4, -0.2) is 37.9 Å². The van der Waals surface area contributed by atoms with Crippen molar-refractivity contribution < 1.29 is 23.8 Å². The van der Waals surface area contributed by atoms with Gasteiger partial charge < -0.3 is 14.2 Å². The van der Waals surface area contributed by atoms with Crippen molar-refractivity contribution in [1.29, 1.82) is 0 Å². The lowest BCUT2D eigenvalue weighted by atomic mass is 10.1. The van der Waals surface area contributed by atoms with Gasteiger partial charge >= 0.3 is 11.9 Å². The van der Waals surface area contributed by atoms with Crippen LogP contribution in [0.5, 0.6) is 0 Å². The summed E-state index contributed by atoms with van der Waals surface area (Å²) in [5, 5.41) is 0. The molecule has 0 heterocycles. The molecule has 1 atom stereocenters. The highest BCUT2D eigenvalue weighted by Gasteiger charge is 2.18. The summed E-state index contributed by atoms with van der Waals surface area (Å²) >= 11 is 0. The highest BCUT2D eigenvalue weighted by atomic mass is 16.6. The molecule has 0 bridgehead atoms. The number of carbonyl (C=O) groups is 2. The maximum atomic E-state index is 12.9. The van der Waals surface area contributed by atoms with E-state index in [-0.39, 0.29) is 25.2 Å². The van der Waals surface area contributed by atoms with E-state index in [9.17, 15) is 9.59 Å². The standard InChI is InChI=1S/C67H124O5/c1-4-7-10-13-16-19-22-25-28-31-33-35-38-41-44-47-50-53-56-59-62-70-63-65(72-67(69)61-58-55-52-49-46-43-40-36-30-27-24-21-18-15-12-9-6-3)64-71-66(68)60-57-54-51-48-45-42-39-37-34-32-29-26-23-20-17-14-11-8-5-2/h17,20,25-30,65H,4-16,18-19,21-24,31-64H2,1-3H3/b20-17-,28-25-,29-26-,30-27-. The molecule has 0 aliphatic carbocycles. The van der Waals surface area contributed by atoms with Crippen LogP contribution in [0.15, 0.2) is 48.6 Å². The van der Waals surface area contributed by atoms with E-state index in [0.29, 0.717) is 19.4 Å². The lowest BCUT2D eigenvalue weighted by molar-refractivity contribution is -0.163. The van der Waals surface area contributed by atoms with E-state index < -0.39 is 6.10 Å². The van der Waals surface area contributed by atoms with Crippen LogP contribution in [0.4, 0.5) is 0 Å². The fourth-order valence-electron chi connectivity index (χ4n) is 9.47. The summed E-state index contributed by atoms with van der Waals surface area (Å²) in [7, 11) is 0. The van der Waals surface area contributed by atoms with Crippen molar-refractivity contribution in [2.75, 3.05) is 19.8 Å². The normalized spacial score (nSPS) is 12.4. The molecule has 0 aromatic heterocycles. The zero-order valence-electron chi connectivity index (χ0n) is 48.7. The fraction of sp³-hybridized carbons (Fsp3) is 0.851. The van der Waals surface area contributed by atoms with Gasteiger partial charge in [-0.2, -0.15) is 0 Å². The van der Waals surface area contributed by atoms with Crippen LogP contribution in [0.1, 0.15) is 342 Å². The molecule has 5 heteroatoms. The Morgan fingerprint density at radius 1 is 0.306 bits per heavy atom. The van der Waals surface area contributed by atoms with Gasteiger partial charge in [-0.3, -0.25) is 9.59 Å². The second-order valence-corrected chi connectivity index (χ2v) is 21.7. The predicted octanol–water partition coefficient (Wildman–Crippen LogP) is 22.2. The largest absolute Gasteiger partial charge is 0.462 e. The van der Waals surface area contributed by atoms with E-state index in [1.54, 1.807) is 0 Å². The van der Waals surface area contributed by atoms with Crippen LogP contribution in [0.3, 0.4) is 0 Å². The maximum Gasteiger partial charge on any atom is 0.306 e. The Labute approximate surface area is 450 Å². The summed E-state index contributed by atoms with van der Waals surface area (Å²) in [6, 6.07) is 0. The first kappa shape index (κ1) is 69.9. The highest BCUT2D eigenvalue weighted by Crippen LogP contribution is 2.16. The molecule has 0 aromatic carbocycles. The van der Waals surface area contributed by atoms with Crippen LogP contribution in [0, 0.1) is 0 Å². The molecular weight excluding hydrogens is 885 g/mol. The van der Waals surface area contributed by atoms with Gasteiger partial charge in [-0.15, -0.1) is 0 Å². The number of ether oxygens (including phenoxy) is 3. The minimum Gasteiger partial charge on any atom is -0.462 e. The predicted molar refractivity (Wildman–Crippen MR) is 316 cm³/mol. The molecule has 0 aromatic rings. The molecule has 0 radical (unpaired) electrons. The fourth-order valence-corrected chi connectivity index (χ4v) is 9.47. The Morgan fingerprint density at radius 3 is 0.958 bits per heavy atom. The van der Waals surface area contributed by atoms with E-state index in [2.05, 4.69) is 69.4 Å². The summed E-state index contributed by atoms with van der Waals surface area (Å²) in [4.78, 5) is 25.6. The third kappa shape index (κ3) is 60.4. The summed E-state index contributed by atoms with van der Waals surface area (Å²) in [6.07, 6.45) is 80.0. The third-order valence-electron chi connectivity index (χ3n) is 14.3. The van der Waals surface area contributed by atoms with Crippen LogP contribution in [0.25, 0.3) is 0 Å². The van der Waals surface area contributed by atoms with Gasteiger partial charge in [0, 0.05) is 19.4 Å². The zero-order chi connectivity index (χ0) is 52.0. The van der Waals surface area contributed by atoms with Gasteiger partial charge in [0.2, 0.25) is 0 Å². The van der Waals surface area contributed by atoms with Gasteiger partial charge in [0.05, 0.1) is 6.61 Å². The molecular formula is C67H124O5. The molecule has 422 valence electrons. The Bertz CT molecular complexity index is 1190. The van der Waals surface area contributed by atoms with E-state index in [4.69, 9.17) is 14.2 Å². The molecule has 0 N–H and O–H groups in total. The summed E-state index contributed by atoms with van der Waals surface area (Å²) in [6.45, 7) is 7.85. The van der Waals surface area contributed by atoms with Gasteiger partial charge in [-0.1, -0.05) is 275 Å². The van der Waals surface area contributed by atoms with Crippen molar-refractivity contribution in [1.82, 2.24) is 0 Å². The van der Waals surface area contributed by atoms with Crippen molar-refractivity contribution in [3.8, 4) is 0 Å². The Kier molecular flexibility index (Phi) is 61.3. The molecule has 72 heavy (non-hydrogen) atoms. The van der Waals surface area contributed by atoms with Crippen LogP contribution in [-0.2, 0) is 23.8 Å². The average molecular weight is 1010 g/mol. The van der Waals surface area contributed by atoms with E-state index in [1.807, 2.05) is 0 Å². The van der Waals surface area contributed by atoms with Gasteiger partial charge in [-0.25, -0.2) is 0 Å². The molecule has 0 aliphatic heterocycles. The average Bonchev–Trinajstić information content (AvgIpc) is 3.38. The van der Waals surface area contributed by atoms with Gasteiger partial charge in [0.1, 0.15) is 6.61 Å². The van der Waals surface area contributed by atoms with Gasteiger partial charge in [-0.05, 0) is 103 Å². The molecule has 1 unspecified atom stereocenters. The number of allylic oxidation sites excluding steroid dienone is 8. The zero-order valence-corrected chi connectivity index (χ0v) is 48.7. The SMILES string of the molecule is CCCCC/C=C\C/C=C\CCCCCCCCCCCC(=O)OCC(COCCCCCCCCCCCC/C=C\CCCCCCCC)OC(=O)CCCCCCCCC/C=C\CCCCCCCC. The smallest absolute Gasteiger partial charge is 0.306 e. The number of rotatable bonds is 60. The monoisotopic (exact) mass is 1010 g/mol. The van der Waals surface area contributed by atoms with E-state index >= 15 is 0 Å². The Morgan fingerprint density at radius 2 is 0.583 bits per heavy atom. The first-order valence-corrected chi connectivity index (χ1v) is 32.2. The van der Waals surface area contributed by atoms with Crippen molar-refractivity contribution in [3.05, 3.63) is 48.6 Å². The first-order chi connectivity index (χ1) is 35.6. The van der Waals surface area contributed by atoms with Crippen molar-refractivity contribution in [2.24, 2.45) is 0 Å². The summed E-state index contributed by atoms with van der Waals surface area (Å²) in [5.74, 6) is -0.389. The summed E-state index contributed by atoms with van der Waals surface area (Å²) < 4.78 is 17.6. The molecule has 0 amide bonds. The second-order valence-electron chi connectivity index (χ2n) is 21.7. The van der Waals surface area contributed by atoms with E-state index in [1.165, 1.54) is 263 Å². The van der Waals surface area contributed by atoms with Crippen molar-refractivity contribution >= 4 is 11.9 Å². The minimum absolute atomic E-state index is 0.0841. The summed E-state index contributed by atoms with van der Waals surface area (Å²) in [5.41, 5.74) is 0. The molecule has 0 saturated carbocycles. The maximum absolute atomic E-state index is 12.9. The lowest BCUT2D eigenvalue weighted by Crippen LogP contribution is -2.30. The third-order valence-corrected chi connectivity index (χ3v) is 14.3. The topological polar surface area (TPSA) is 61.8 Å². The molecule has 0 saturated heterocycles. The van der Waals surface area contributed by atoms with Crippen LogP contribution in [0.2, 0.25) is 0 Å². The Balaban J connectivity index is 4.25. The van der Waals surface area contributed by atoms with Crippen LogP contribution >= 0.6 is 0 Å². The molecule has 0 aliphatic rings.